The summed E-state index contributed by atoms with van der Waals surface area (Å²) in [6.07, 6.45) is 3.99. The van der Waals surface area contributed by atoms with E-state index in [2.05, 4.69) is 11.8 Å². The molecule has 3 N–H and O–H groups in total. The van der Waals surface area contributed by atoms with Gasteiger partial charge in [-0.05, 0) is 17.7 Å². The normalized spacial score (nSPS) is 28.7. The minimum atomic E-state index is -4.93. The number of hydrogen-bond donors (Lipinski definition) is 3. The number of aliphatic hydroxyl groups excluding tert-OH is 2. The number of allylic oxidation sites excluding steroid dienone is 6. The van der Waals surface area contributed by atoms with Gasteiger partial charge in [0.2, 0.25) is 0 Å². The third-order valence-corrected chi connectivity index (χ3v) is 3.73. The largest absolute Gasteiger partial charge is 0.471 e. The molecule has 0 radical (unpaired) electrons. The Hall–Kier alpha value is -2.34. The number of alkyl halides is 3. The molecule has 2 aliphatic rings. The Kier molecular flexibility index (Phi) is 6.80. The van der Waals surface area contributed by atoms with Gasteiger partial charge in [-0.3, -0.25) is 4.79 Å². The molecular formula is C18H18F3NO4. The van der Waals surface area contributed by atoms with Crippen LogP contribution in [0.1, 0.15) is 6.42 Å². The van der Waals surface area contributed by atoms with Crippen LogP contribution in [0.2, 0.25) is 0 Å². The molecule has 5 nitrogen and oxygen atoms in total. The van der Waals surface area contributed by atoms with Crippen molar-refractivity contribution < 1.29 is 32.9 Å². The maximum Gasteiger partial charge on any atom is 0.471 e. The highest BCUT2D eigenvalue weighted by atomic mass is 19.4. The molecule has 0 bridgehead atoms. The van der Waals surface area contributed by atoms with Crippen LogP contribution < -0.4 is 5.32 Å². The summed E-state index contributed by atoms with van der Waals surface area (Å²) in [5.41, 5.74) is 1.30. The number of ether oxygens (including phenoxy) is 1. The predicted octanol–water partition coefficient (Wildman–Crippen LogP) is 1.16. The van der Waals surface area contributed by atoms with Gasteiger partial charge in [0.05, 0.1) is 25.4 Å². The first-order chi connectivity index (χ1) is 12.3. The molecule has 0 aromatic heterocycles. The molecule has 0 spiro atoms. The maximum absolute atomic E-state index is 12.1. The van der Waals surface area contributed by atoms with Gasteiger partial charge in [-0.1, -0.05) is 36.1 Å². The van der Waals surface area contributed by atoms with Gasteiger partial charge in [-0.15, -0.1) is 0 Å². The summed E-state index contributed by atoms with van der Waals surface area (Å²) in [4.78, 5) is 10.7. The molecule has 0 aromatic carbocycles. The summed E-state index contributed by atoms with van der Waals surface area (Å²) in [7, 11) is 0. The first kappa shape index (κ1) is 20.0. The van der Waals surface area contributed by atoms with E-state index in [9.17, 15) is 23.1 Å². The molecular weight excluding hydrogens is 351 g/mol. The first-order valence-electron chi connectivity index (χ1n) is 7.86. The molecule has 1 aliphatic carbocycles. The van der Waals surface area contributed by atoms with Crippen LogP contribution in [0, 0.1) is 11.8 Å². The van der Waals surface area contributed by atoms with Gasteiger partial charge in [-0.2, -0.15) is 13.2 Å². The Morgan fingerprint density at radius 3 is 2.69 bits per heavy atom. The molecule has 1 heterocycles. The van der Waals surface area contributed by atoms with E-state index in [1.165, 1.54) is 0 Å². The van der Waals surface area contributed by atoms with Crippen molar-refractivity contribution in [2.75, 3.05) is 13.2 Å². The highest BCUT2D eigenvalue weighted by Gasteiger charge is 2.38. The fourth-order valence-electron chi connectivity index (χ4n) is 2.40. The lowest BCUT2D eigenvalue weighted by Gasteiger charge is -2.13. The van der Waals surface area contributed by atoms with Crippen LogP contribution in [0.25, 0.3) is 0 Å². The molecule has 1 amide bonds. The molecule has 0 saturated carbocycles. The number of nitrogens with one attached hydrogen (secondary N) is 1. The third kappa shape index (κ3) is 5.59. The van der Waals surface area contributed by atoms with Gasteiger partial charge in [0.1, 0.15) is 6.10 Å². The summed E-state index contributed by atoms with van der Waals surface area (Å²) in [5, 5.41) is 20.6. The highest BCUT2D eigenvalue weighted by molar-refractivity contribution is 5.81. The van der Waals surface area contributed by atoms with Gasteiger partial charge in [0.25, 0.3) is 0 Å². The number of aliphatic hydroxyl groups is 2. The summed E-state index contributed by atoms with van der Waals surface area (Å²) in [6, 6.07) is 0. The average Bonchev–Trinajstić information content (AvgIpc) is 2.93. The number of carbonyl (C=O) groups is 1. The molecule has 8 heteroatoms. The highest BCUT2D eigenvalue weighted by Crippen LogP contribution is 2.27. The molecule has 2 rings (SSSR count). The van der Waals surface area contributed by atoms with Crippen molar-refractivity contribution in [3.63, 3.8) is 0 Å². The number of amides is 1. The number of rotatable bonds is 3. The first-order valence-corrected chi connectivity index (χ1v) is 7.86. The molecule has 1 aliphatic heterocycles. The lowest BCUT2D eigenvalue weighted by molar-refractivity contribution is -0.173. The smallest absolute Gasteiger partial charge is 0.394 e. The van der Waals surface area contributed by atoms with Crippen molar-refractivity contribution in [3.8, 4) is 11.8 Å². The predicted molar refractivity (Wildman–Crippen MR) is 87.7 cm³/mol. The zero-order valence-corrected chi connectivity index (χ0v) is 13.7. The molecule has 140 valence electrons. The quantitative estimate of drug-likeness (QED) is 0.653. The molecule has 26 heavy (non-hydrogen) atoms. The zero-order valence-electron chi connectivity index (χ0n) is 13.7. The van der Waals surface area contributed by atoms with Crippen LogP contribution in [0.4, 0.5) is 13.2 Å². The second kappa shape index (κ2) is 8.85. The van der Waals surface area contributed by atoms with E-state index in [0.29, 0.717) is 12.0 Å². The second-order valence-corrected chi connectivity index (χ2v) is 5.64. The lowest BCUT2D eigenvalue weighted by atomic mass is 10.0. The molecule has 3 atom stereocenters. The number of halogens is 3. The van der Waals surface area contributed by atoms with Crippen molar-refractivity contribution in [1.82, 2.24) is 5.32 Å². The Bertz CT molecular complexity index is 710. The van der Waals surface area contributed by atoms with Gasteiger partial charge in [-0.25, -0.2) is 0 Å². The van der Waals surface area contributed by atoms with Crippen molar-refractivity contribution in [1.29, 1.82) is 0 Å². The number of hydrogen-bond acceptors (Lipinski definition) is 4. The zero-order chi connectivity index (χ0) is 19.2. The Balaban J connectivity index is 1.96. The molecule has 1 saturated heterocycles. The van der Waals surface area contributed by atoms with E-state index >= 15 is 0 Å². The van der Waals surface area contributed by atoms with Crippen LogP contribution in [-0.2, 0) is 9.53 Å². The Labute approximate surface area is 148 Å². The van der Waals surface area contributed by atoms with Crippen LogP contribution in [-0.4, -0.2) is 53.8 Å². The van der Waals surface area contributed by atoms with Crippen molar-refractivity contribution in [3.05, 3.63) is 47.6 Å². The monoisotopic (exact) mass is 369 g/mol. The van der Waals surface area contributed by atoms with Gasteiger partial charge >= 0.3 is 12.1 Å². The molecule has 1 fully saturated rings. The maximum atomic E-state index is 12.1. The van der Waals surface area contributed by atoms with E-state index in [0.717, 1.165) is 5.57 Å². The van der Waals surface area contributed by atoms with Gasteiger partial charge < -0.3 is 20.3 Å². The van der Waals surface area contributed by atoms with E-state index < -0.39 is 30.8 Å². The van der Waals surface area contributed by atoms with Crippen molar-refractivity contribution >= 4 is 5.91 Å². The van der Waals surface area contributed by atoms with E-state index in [1.807, 2.05) is 0 Å². The van der Waals surface area contributed by atoms with Crippen LogP contribution in [0.5, 0.6) is 0 Å². The summed E-state index contributed by atoms with van der Waals surface area (Å²) in [5.74, 6) is 3.09. The second-order valence-electron chi connectivity index (χ2n) is 5.64. The summed E-state index contributed by atoms with van der Waals surface area (Å²) in [6.45, 7) is -0.698. The summed E-state index contributed by atoms with van der Waals surface area (Å²) < 4.78 is 41.8. The van der Waals surface area contributed by atoms with E-state index in [4.69, 9.17) is 9.84 Å². The fraction of sp³-hybridized carbons (Fsp3) is 0.389. The average molecular weight is 369 g/mol. The Morgan fingerprint density at radius 2 is 2.04 bits per heavy atom. The SMILES string of the molecule is O=C(NCC#CC1=C/C=C\C=C(\[C@H]2C[C@@H](O)[C@@H](CO)O2)C=C1)C(F)(F)F. The van der Waals surface area contributed by atoms with Gasteiger partial charge in [0.15, 0.2) is 0 Å². The van der Waals surface area contributed by atoms with Crippen LogP contribution in [0.15, 0.2) is 47.6 Å². The number of carbonyl (C=O) groups excluding carboxylic acids is 1. The van der Waals surface area contributed by atoms with Crippen molar-refractivity contribution in [2.24, 2.45) is 0 Å². The standard InChI is InChI=1S/C18H18F3NO4/c19-18(20,21)17(25)22-9-3-5-12-4-1-2-6-13(8-7-12)15-10-14(24)16(11-23)26-15/h1-2,4,6-8,14-16,23-24H,9-11H2,(H,22,25)/b2-1-,4-1?,6-2?,8-7?,12-4?,12-7?,13-6+,13-8?/t14-,15-,16-/m1/s1. The Morgan fingerprint density at radius 1 is 1.31 bits per heavy atom. The fourth-order valence-corrected chi connectivity index (χ4v) is 2.40. The molecule has 0 unspecified atom stereocenters. The third-order valence-electron chi connectivity index (χ3n) is 3.73. The van der Waals surface area contributed by atoms with Crippen LogP contribution >= 0.6 is 0 Å². The minimum absolute atomic E-state index is 0.273. The summed E-state index contributed by atoms with van der Waals surface area (Å²) >= 11 is 0. The van der Waals surface area contributed by atoms with Gasteiger partial charge in [0, 0.05) is 12.0 Å². The van der Waals surface area contributed by atoms with E-state index in [-0.39, 0.29) is 12.7 Å². The van der Waals surface area contributed by atoms with Crippen molar-refractivity contribution in [2.45, 2.75) is 30.9 Å². The lowest BCUT2D eigenvalue weighted by Crippen LogP contribution is -2.36. The van der Waals surface area contributed by atoms with E-state index in [1.54, 1.807) is 41.8 Å². The molecule has 0 aromatic rings. The van der Waals surface area contributed by atoms with Crippen LogP contribution in [0.3, 0.4) is 0 Å². The minimum Gasteiger partial charge on any atom is -0.394 e. The topological polar surface area (TPSA) is 78.8 Å².